The van der Waals surface area contributed by atoms with E-state index in [-0.39, 0.29) is 12.1 Å². The molecule has 9 heteroatoms. The van der Waals surface area contributed by atoms with Crippen LogP contribution in [0, 0.1) is 0 Å². The van der Waals surface area contributed by atoms with Crippen LogP contribution < -0.4 is 10.1 Å². The van der Waals surface area contributed by atoms with E-state index in [4.69, 9.17) is 9.47 Å². The van der Waals surface area contributed by atoms with Crippen molar-refractivity contribution in [2.75, 3.05) is 18.5 Å². The van der Waals surface area contributed by atoms with Crippen LogP contribution in [0.25, 0.3) is 22.3 Å². The van der Waals surface area contributed by atoms with Crippen molar-refractivity contribution in [1.29, 1.82) is 0 Å². The minimum atomic E-state index is -1.09. The minimum absolute atomic E-state index is 0.00306. The number of hydrogen-bond donors (Lipinski definition) is 2. The number of likely N-dealkylation sites (tertiary alicyclic amines) is 1. The number of ether oxygens (including phenoxy) is 2. The van der Waals surface area contributed by atoms with Gasteiger partial charge in [-0.2, -0.15) is 5.10 Å². The molecule has 8 nitrogen and oxygen atoms in total. The number of hydrogen-bond acceptors (Lipinski definition) is 5. The average Bonchev–Trinajstić information content (AvgIpc) is 3.34. The molecule has 0 radical (unpaired) electrons. The van der Waals surface area contributed by atoms with Gasteiger partial charge in [0.25, 0.3) is 0 Å². The molecule has 202 valence electrons. The maximum absolute atomic E-state index is 11.4. The molecule has 2 N–H and O–H groups in total. The molecule has 0 spiro atoms. The number of rotatable bonds is 8. The molecule has 2 aliphatic heterocycles. The van der Waals surface area contributed by atoms with Crippen LogP contribution in [0.5, 0.6) is 5.75 Å². The highest BCUT2D eigenvalue weighted by molar-refractivity contribution is 6.76. The summed E-state index contributed by atoms with van der Waals surface area (Å²) in [6.45, 7) is 11.3. The van der Waals surface area contributed by atoms with E-state index in [0.29, 0.717) is 19.9 Å². The summed E-state index contributed by atoms with van der Waals surface area (Å²) in [6.07, 6.45) is 4.67. The van der Waals surface area contributed by atoms with Gasteiger partial charge in [-0.1, -0.05) is 31.8 Å². The van der Waals surface area contributed by atoms with Crippen molar-refractivity contribution in [2.45, 2.75) is 70.9 Å². The molecule has 1 amide bonds. The van der Waals surface area contributed by atoms with Gasteiger partial charge in [0.1, 0.15) is 19.1 Å². The van der Waals surface area contributed by atoms with Crippen molar-refractivity contribution >= 4 is 19.9 Å². The molecule has 3 heterocycles. The summed E-state index contributed by atoms with van der Waals surface area (Å²) in [5.74, 6) is 0.870. The molecular weight excluding hydrogens is 496 g/mol. The van der Waals surface area contributed by atoms with Crippen molar-refractivity contribution in [2.24, 2.45) is 0 Å². The molecule has 0 bridgehead atoms. The first-order chi connectivity index (χ1) is 18.2. The van der Waals surface area contributed by atoms with E-state index in [2.05, 4.69) is 66.5 Å². The predicted molar refractivity (Wildman–Crippen MR) is 152 cm³/mol. The molecule has 3 aromatic rings. The molecule has 5 rings (SSSR count). The Labute approximate surface area is 225 Å². The van der Waals surface area contributed by atoms with E-state index in [0.717, 1.165) is 59.2 Å². The number of nitrogens with zero attached hydrogens (tertiary/aromatic N) is 3. The summed E-state index contributed by atoms with van der Waals surface area (Å²) >= 11 is 0. The first kappa shape index (κ1) is 26.3. The zero-order valence-corrected chi connectivity index (χ0v) is 23.7. The lowest BCUT2D eigenvalue weighted by molar-refractivity contribution is 0.0786. The summed E-state index contributed by atoms with van der Waals surface area (Å²) in [7, 11) is -1.09. The largest absolute Gasteiger partial charge is 0.488 e. The SMILES string of the molecule is C[C@H]1C[C@H](Nc2ccc3c(c2)OCc2cc(-c4cnn(COCC[Si](C)(C)C)c4)ccc2-3)CCN1C(=O)O. The van der Waals surface area contributed by atoms with Crippen LogP contribution in [0.2, 0.25) is 25.7 Å². The van der Waals surface area contributed by atoms with Gasteiger partial charge in [0.2, 0.25) is 0 Å². The second-order valence-electron chi connectivity index (χ2n) is 11.7. The molecule has 2 aliphatic rings. The van der Waals surface area contributed by atoms with E-state index in [1.165, 1.54) is 10.5 Å². The summed E-state index contributed by atoms with van der Waals surface area (Å²) in [4.78, 5) is 12.9. The quantitative estimate of drug-likeness (QED) is 0.258. The molecule has 0 unspecified atom stereocenters. The normalized spacial score (nSPS) is 18.9. The van der Waals surface area contributed by atoms with Crippen LogP contribution in [-0.4, -0.2) is 59.2 Å². The van der Waals surface area contributed by atoms with Crippen molar-refractivity contribution in [3.63, 3.8) is 0 Å². The highest BCUT2D eigenvalue weighted by Gasteiger charge is 2.29. The van der Waals surface area contributed by atoms with Crippen LogP contribution in [0.3, 0.4) is 0 Å². The maximum Gasteiger partial charge on any atom is 0.407 e. The van der Waals surface area contributed by atoms with Crippen LogP contribution in [0.4, 0.5) is 10.5 Å². The van der Waals surface area contributed by atoms with E-state index in [9.17, 15) is 9.90 Å². The maximum atomic E-state index is 11.4. The number of benzene rings is 2. The third-order valence-corrected chi connectivity index (χ3v) is 9.14. The van der Waals surface area contributed by atoms with E-state index < -0.39 is 14.2 Å². The molecule has 1 fully saturated rings. The second-order valence-corrected chi connectivity index (χ2v) is 17.3. The summed E-state index contributed by atoms with van der Waals surface area (Å²) in [6, 6.07) is 14.2. The highest BCUT2D eigenvalue weighted by atomic mass is 28.3. The summed E-state index contributed by atoms with van der Waals surface area (Å²) in [5, 5.41) is 17.4. The van der Waals surface area contributed by atoms with Gasteiger partial charge in [-0.15, -0.1) is 0 Å². The number of nitrogens with one attached hydrogen (secondary N) is 1. The number of aromatic nitrogens is 2. The Morgan fingerprint density at radius 1 is 1.18 bits per heavy atom. The zero-order valence-electron chi connectivity index (χ0n) is 22.7. The Bertz CT molecular complexity index is 1300. The second kappa shape index (κ2) is 10.8. The van der Waals surface area contributed by atoms with Gasteiger partial charge in [0.15, 0.2) is 0 Å². The molecule has 2 atom stereocenters. The molecule has 38 heavy (non-hydrogen) atoms. The molecule has 1 saturated heterocycles. The molecule has 2 aromatic carbocycles. The Morgan fingerprint density at radius 3 is 2.76 bits per heavy atom. The third kappa shape index (κ3) is 6.05. The standard InChI is InChI=1S/C29H38N4O4Si/c1-20-13-25(9-10-33(20)29(34)35)31-24-6-8-27-26-7-5-21(14-22(26)18-37-28(27)15-24)23-16-30-32(17-23)19-36-11-12-38(2,3)4/h5-8,14-17,20,25,31H,9-13,18-19H2,1-4H3,(H,34,35)/t20-,25+/m0/s1. The minimum Gasteiger partial charge on any atom is -0.488 e. The van der Waals surface area contributed by atoms with Crippen molar-refractivity contribution in [3.8, 4) is 28.0 Å². The van der Waals surface area contributed by atoms with E-state index in [1.807, 2.05) is 24.0 Å². The van der Waals surface area contributed by atoms with Gasteiger partial charge in [0.05, 0.1) is 6.20 Å². The summed E-state index contributed by atoms with van der Waals surface area (Å²) in [5.41, 5.74) is 6.62. The molecule has 0 saturated carbocycles. The first-order valence-electron chi connectivity index (χ1n) is 13.4. The number of piperidine rings is 1. The van der Waals surface area contributed by atoms with Crippen LogP contribution in [-0.2, 0) is 18.1 Å². The molecular formula is C29H38N4O4Si. The fraction of sp³-hybridized carbons (Fsp3) is 0.448. The molecule has 0 aliphatic carbocycles. The lowest BCUT2D eigenvalue weighted by Gasteiger charge is -2.36. The topological polar surface area (TPSA) is 88.9 Å². The molecule has 1 aromatic heterocycles. The monoisotopic (exact) mass is 534 g/mol. The van der Waals surface area contributed by atoms with Crippen molar-refractivity contribution < 1.29 is 19.4 Å². The van der Waals surface area contributed by atoms with Crippen LogP contribution in [0.15, 0.2) is 48.8 Å². The van der Waals surface area contributed by atoms with Gasteiger partial charge < -0.3 is 24.8 Å². The Kier molecular flexibility index (Phi) is 7.49. The fourth-order valence-electron chi connectivity index (χ4n) is 5.21. The van der Waals surface area contributed by atoms with Gasteiger partial charge >= 0.3 is 6.09 Å². The Hall–Kier alpha value is -3.30. The number of anilines is 1. The van der Waals surface area contributed by atoms with Gasteiger partial charge in [-0.25, -0.2) is 9.48 Å². The number of carbonyl (C=O) groups is 1. The van der Waals surface area contributed by atoms with Crippen LogP contribution >= 0.6 is 0 Å². The van der Waals surface area contributed by atoms with Crippen LogP contribution in [0.1, 0.15) is 25.3 Å². The van der Waals surface area contributed by atoms with Gasteiger partial charge in [-0.3, -0.25) is 0 Å². The first-order valence-corrected chi connectivity index (χ1v) is 17.1. The highest BCUT2D eigenvalue weighted by Crippen LogP contribution is 2.40. The lowest BCUT2D eigenvalue weighted by atomic mass is 9.93. The number of carboxylic acid groups (broad SMARTS) is 1. The average molecular weight is 535 g/mol. The van der Waals surface area contributed by atoms with Crippen molar-refractivity contribution in [3.05, 3.63) is 54.4 Å². The number of fused-ring (bicyclic) bond motifs is 3. The van der Waals surface area contributed by atoms with Gasteiger partial charge in [-0.05, 0) is 60.7 Å². The predicted octanol–water partition coefficient (Wildman–Crippen LogP) is 6.36. The lowest BCUT2D eigenvalue weighted by Crippen LogP contribution is -2.47. The number of amides is 1. The smallest absolute Gasteiger partial charge is 0.407 e. The van der Waals surface area contributed by atoms with E-state index in [1.54, 1.807) is 0 Å². The zero-order chi connectivity index (χ0) is 26.9. The van der Waals surface area contributed by atoms with Crippen molar-refractivity contribution in [1.82, 2.24) is 14.7 Å². The summed E-state index contributed by atoms with van der Waals surface area (Å²) < 4.78 is 13.9. The van der Waals surface area contributed by atoms with Gasteiger partial charge in [0, 0.05) is 62.4 Å². The Morgan fingerprint density at radius 2 is 2.00 bits per heavy atom. The fourth-order valence-corrected chi connectivity index (χ4v) is 5.96. The van der Waals surface area contributed by atoms with E-state index >= 15 is 0 Å². The Balaban J connectivity index is 1.23. The third-order valence-electron chi connectivity index (χ3n) is 7.44.